The molecule has 1 aromatic carbocycles. The molecule has 0 bridgehead atoms. The van der Waals surface area contributed by atoms with E-state index < -0.39 is 0 Å². The van der Waals surface area contributed by atoms with Crippen molar-refractivity contribution >= 4 is 22.8 Å². The zero-order valence-corrected chi connectivity index (χ0v) is 14.1. The number of imidazole rings is 1. The molecule has 0 unspecified atom stereocenters. The molecule has 1 aromatic heterocycles. The Balaban J connectivity index is 1.55. The molecule has 2 aromatic rings. The first-order valence-electron chi connectivity index (χ1n) is 8.80. The Hall–Kier alpha value is -2.41. The van der Waals surface area contributed by atoms with E-state index in [1.54, 1.807) is 0 Å². The summed E-state index contributed by atoms with van der Waals surface area (Å²) in [4.78, 5) is 31.0. The number of rotatable bonds is 5. The second-order valence-corrected chi connectivity index (χ2v) is 6.59. The molecule has 7 nitrogen and oxygen atoms in total. The van der Waals surface area contributed by atoms with Crippen molar-refractivity contribution in [3.05, 3.63) is 30.1 Å². The van der Waals surface area contributed by atoms with Crippen LogP contribution in [0, 0.1) is 5.92 Å². The fraction of sp³-hybridized carbons (Fsp3) is 0.500. The summed E-state index contributed by atoms with van der Waals surface area (Å²) >= 11 is 0. The van der Waals surface area contributed by atoms with Gasteiger partial charge in [-0.25, -0.2) is 4.98 Å². The molecule has 132 valence electrons. The number of morpholine rings is 1. The zero-order valence-electron chi connectivity index (χ0n) is 14.1. The lowest BCUT2D eigenvalue weighted by Crippen LogP contribution is -2.42. The van der Waals surface area contributed by atoms with E-state index in [0.717, 1.165) is 29.7 Å². The number of carbonyl (C=O) groups excluding carboxylic acids is 2. The van der Waals surface area contributed by atoms with Crippen molar-refractivity contribution in [3.8, 4) is 0 Å². The predicted molar refractivity (Wildman–Crippen MR) is 91.7 cm³/mol. The number of benzene rings is 1. The van der Waals surface area contributed by atoms with Crippen LogP contribution in [0.1, 0.15) is 18.7 Å². The molecule has 1 N–H and O–H groups in total. The summed E-state index contributed by atoms with van der Waals surface area (Å²) in [6.45, 7) is 3.00. The number of ether oxygens (including phenoxy) is 1. The number of fused-ring (bicyclic) bond motifs is 1. The third-order valence-corrected chi connectivity index (χ3v) is 4.76. The van der Waals surface area contributed by atoms with Crippen molar-refractivity contribution in [1.82, 2.24) is 19.8 Å². The number of hydrogen-bond donors (Lipinski definition) is 1. The van der Waals surface area contributed by atoms with Gasteiger partial charge in [-0.2, -0.15) is 0 Å². The lowest BCUT2D eigenvalue weighted by molar-refractivity contribution is -0.135. The SMILES string of the molecule is O=C(NCc1nc2ccccc2n1CC(=O)N1CCOCC1)C1CC1. The fourth-order valence-electron chi connectivity index (χ4n) is 3.14. The van der Waals surface area contributed by atoms with Crippen molar-refractivity contribution in [1.29, 1.82) is 0 Å². The van der Waals surface area contributed by atoms with Crippen LogP contribution in [0.25, 0.3) is 11.0 Å². The van der Waals surface area contributed by atoms with E-state index in [9.17, 15) is 9.59 Å². The molecule has 2 amide bonds. The number of para-hydroxylation sites is 2. The first kappa shape index (κ1) is 16.1. The average Bonchev–Trinajstić information content (AvgIpc) is 3.44. The van der Waals surface area contributed by atoms with Gasteiger partial charge in [-0.1, -0.05) is 12.1 Å². The van der Waals surface area contributed by atoms with Crippen molar-refractivity contribution in [2.75, 3.05) is 26.3 Å². The minimum absolute atomic E-state index is 0.0567. The van der Waals surface area contributed by atoms with Gasteiger partial charge in [-0.05, 0) is 25.0 Å². The Morgan fingerprint density at radius 2 is 1.96 bits per heavy atom. The van der Waals surface area contributed by atoms with Crippen molar-refractivity contribution in [2.45, 2.75) is 25.9 Å². The highest BCUT2D eigenvalue weighted by Crippen LogP contribution is 2.28. The molecule has 2 heterocycles. The third kappa shape index (κ3) is 3.51. The third-order valence-electron chi connectivity index (χ3n) is 4.76. The first-order valence-corrected chi connectivity index (χ1v) is 8.80. The largest absolute Gasteiger partial charge is 0.378 e. The monoisotopic (exact) mass is 342 g/mol. The number of carbonyl (C=O) groups is 2. The number of nitrogens with one attached hydrogen (secondary N) is 1. The molecule has 2 fully saturated rings. The molecule has 1 aliphatic heterocycles. The molecule has 7 heteroatoms. The minimum atomic E-state index is 0.0567. The number of amides is 2. The zero-order chi connectivity index (χ0) is 17.2. The summed E-state index contributed by atoms with van der Waals surface area (Å²) in [5.74, 6) is 1.02. The smallest absolute Gasteiger partial charge is 0.242 e. The van der Waals surface area contributed by atoms with Crippen LogP contribution in [0.2, 0.25) is 0 Å². The van der Waals surface area contributed by atoms with Crippen LogP contribution in [-0.2, 0) is 27.4 Å². The van der Waals surface area contributed by atoms with Gasteiger partial charge in [0, 0.05) is 19.0 Å². The lowest BCUT2D eigenvalue weighted by Gasteiger charge is -2.27. The van der Waals surface area contributed by atoms with Crippen LogP contribution < -0.4 is 5.32 Å². The maximum atomic E-state index is 12.7. The lowest BCUT2D eigenvalue weighted by atomic mass is 10.3. The highest BCUT2D eigenvalue weighted by molar-refractivity contribution is 5.82. The topological polar surface area (TPSA) is 76.5 Å². The van der Waals surface area contributed by atoms with Gasteiger partial charge in [0.1, 0.15) is 12.4 Å². The number of hydrogen-bond acceptors (Lipinski definition) is 4. The quantitative estimate of drug-likeness (QED) is 0.877. The number of aromatic nitrogens is 2. The van der Waals surface area contributed by atoms with Gasteiger partial charge in [0.05, 0.1) is 30.8 Å². The molecule has 1 saturated carbocycles. The van der Waals surface area contributed by atoms with E-state index in [2.05, 4.69) is 10.3 Å². The Labute approximate surface area is 146 Å². The van der Waals surface area contributed by atoms with Gasteiger partial charge >= 0.3 is 0 Å². The first-order chi connectivity index (χ1) is 12.2. The van der Waals surface area contributed by atoms with Gasteiger partial charge in [-0.15, -0.1) is 0 Å². The molecular weight excluding hydrogens is 320 g/mol. The maximum absolute atomic E-state index is 12.7. The molecule has 1 saturated heterocycles. The van der Waals surface area contributed by atoms with Gasteiger partial charge in [-0.3, -0.25) is 9.59 Å². The van der Waals surface area contributed by atoms with E-state index in [4.69, 9.17) is 4.74 Å². The summed E-state index contributed by atoms with van der Waals surface area (Å²) in [5.41, 5.74) is 1.76. The van der Waals surface area contributed by atoms with E-state index in [0.29, 0.717) is 32.8 Å². The molecule has 2 aliphatic rings. The van der Waals surface area contributed by atoms with Crippen molar-refractivity contribution in [2.24, 2.45) is 5.92 Å². The maximum Gasteiger partial charge on any atom is 0.242 e. The Bertz CT molecular complexity index is 791. The van der Waals surface area contributed by atoms with E-state index in [-0.39, 0.29) is 24.3 Å². The van der Waals surface area contributed by atoms with Crippen LogP contribution in [0.5, 0.6) is 0 Å². The van der Waals surface area contributed by atoms with Crippen molar-refractivity contribution < 1.29 is 14.3 Å². The standard InChI is InChI=1S/C18H22N4O3/c23-17(21-7-9-25-10-8-21)12-22-15-4-2-1-3-14(15)20-16(22)11-19-18(24)13-5-6-13/h1-4,13H,5-12H2,(H,19,24). The van der Waals surface area contributed by atoms with Crippen LogP contribution in [0.15, 0.2) is 24.3 Å². The molecule has 1 aliphatic carbocycles. The second kappa shape index (κ2) is 6.84. The van der Waals surface area contributed by atoms with Crippen LogP contribution >= 0.6 is 0 Å². The molecule has 0 spiro atoms. The Kier molecular flexibility index (Phi) is 4.40. The van der Waals surface area contributed by atoms with Gasteiger partial charge in [0.2, 0.25) is 11.8 Å². The van der Waals surface area contributed by atoms with Gasteiger partial charge in [0.15, 0.2) is 0 Å². The van der Waals surface area contributed by atoms with Crippen LogP contribution in [0.4, 0.5) is 0 Å². The van der Waals surface area contributed by atoms with E-state index in [1.807, 2.05) is 33.7 Å². The molecule has 4 rings (SSSR count). The highest BCUT2D eigenvalue weighted by atomic mass is 16.5. The summed E-state index contributed by atoms with van der Waals surface area (Å²) in [6.07, 6.45) is 1.94. The van der Waals surface area contributed by atoms with E-state index in [1.165, 1.54) is 0 Å². The highest BCUT2D eigenvalue weighted by Gasteiger charge is 2.29. The average molecular weight is 342 g/mol. The molecular formula is C18H22N4O3. The predicted octanol–water partition coefficient (Wildman–Crippen LogP) is 0.921. The second-order valence-electron chi connectivity index (χ2n) is 6.59. The Morgan fingerprint density at radius 1 is 1.20 bits per heavy atom. The molecule has 0 radical (unpaired) electrons. The van der Waals surface area contributed by atoms with Gasteiger partial charge in [0.25, 0.3) is 0 Å². The minimum Gasteiger partial charge on any atom is -0.378 e. The Morgan fingerprint density at radius 3 is 2.72 bits per heavy atom. The van der Waals surface area contributed by atoms with E-state index >= 15 is 0 Å². The van der Waals surface area contributed by atoms with Crippen LogP contribution in [-0.4, -0.2) is 52.6 Å². The summed E-state index contributed by atoms with van der Waals surface area (Å²) < 4.78 is 7.23. The molecule has 25 heavy (non-hydrogen) atoms. The number of nitrogens with zero attached hydrogens (tertiary/aromatic N) is 3. The molecule has 0 atom stereocenters. The van der Waals surface area contributed by atoms with Gasteiger partial charge < -0.3 is 19.5 Å². The normalized spacial score (nSPS) is 17.7. The van der Waals surface area contributed by atoms with Crippen LogP contribution in [0.3, 0.4) is 0 Å². The summed E-state index contributed by atoms with van der Waals surface area (Å²) in [7, 11) is 0. The summed E-state index contributed by atoms with van der Waals surface area (Å²) in [6, 6.07) is 7.75. The summed E-state index contributed by atoms with van der Waals surface area (Å²) in [5, 5.41) is 2.95. The fourth-order valence-corrected chi connectivity index (χ4v) is 3.14. The van der Waals surface area contributed by atoms with Crippen molar-refractivity contribution in [3.63, 3.8) is 0 Å².